The molecule has 1 aromatic carbocycles. The van der Waals surface area contributed by atoms with Gasteiger partial charge in [0.2, 0.25) is 5.91 Å². The molecule has 0 aromatic heterocycles. The number of nitrogens with one attached hydrogen (secondary N) is 1. The summed E-state index contributed by atoms with van der Waals surface area (Å²) in [4.78, 5) is 14.0. The van der Waals surface area contributed by atoms with E-state index in [2.05, 4.69) is 41.2 Å². The van der Waals surface area contributed by atoms with Gasteiger partial charge in [0.15, 0.2) is 0 Å². The SMILES string of the molecule is CNCCC(=O)N(Cc1cccc(Br)c1)C(C)C.Cl. The van der Waals surface area contributed by atoms with Crippen molar-refractivity contribution in [2.24, 2.45) is 0 Å². The normalized spacial score (nSPS) is 10.2. The molecule has 0 aliphatic rings. The summed E-state index contributed by atoms with van der Waals surface area (Å²) in [6.07, 6.45) is 0.544. The molecule has 1 rings (SSSR count). The summed E-state index contributed by atoms with van der Waals surface area (Å²) >= 11 is 3.45. The Kier molecular flexibility index (Phi) is 9.06. The van der Waals surface area contributed by atoms with Crippen LogP contribution in [0.1, 0.15) is 25.8 Å². The molecule has 108 valence electrons. The minimum absolute atomic E-state index is 0. The highest BCUT2D eigenvalue weighted by Gasteiger charge is 2.16. The van der Waals surface area contributed by atoms with Crippen LogP contribution in [0.2, 0.25) is 0 Å². The maximum absolute atomic E-state index is 12.1. The van der Waals surface area contributed by atoms with E-state index in [1.807, 2.05) is 30.1 Å². The second kappa shape index (κ2) is 9.34. The first-order valence-electron chi connectivity index (χ1n) is 6.23. The number of carbonyl (C=O) groups is 1. The Bertz CT molecular complexity index is 399. The fourth-order valence-corrected chi connectivity index (χ4v) is 2.21. The quantitative estimate of drug-likeness (QED) is 0.855. The fourth-order valence-electron chi connectivity index (χ4n) is 1.77. The van der Waals surface area contributed by atoms with E-state index < -0.39 is 0 Å². The second-order valence-electron chi connectivity index (χ2n) is 4.60. The summed E-state index contributed by atoms with van der Waals surface area (Å²) < 4.78 is 1.05. The summed E-state index contributed by atoms with van der Waals surface area (Å²) in [7, 11) is 1.86. The van der Waals surface area contributed by atoms with Crippen molar-refractivity contribution in [2.45, 2.75) is 32.9 Å². The third-order valence-corrected chi connectivity index (χ3v) is 3.27. The number of amides is 1. The molecule has 0 atom stereocenters. The Hall–Kier alpha value is -0.580. The lowest BCUT2D eigenvalue weighted by Gasteiger charge is -2.27. The van der Waals surface area contributed by atoms with E-state index in [9.17, 15) is 4.79 Å². The molecule has 1 aromatic rings. The third kappa shape index (κ3) is 6.41. The van der Waals surface area contributed by atoms with Gasteiger partial charge in [0.05, 0.1) is 0 Å². The summed E-state index contributed by atoms with van der Waals surface area (Å²) in [6.45, 7) is 5.49. The number of rotatable bonds is 6. The molecule has 5 heteroatoms. The van der Waals surface area contributed by atoms with E-state index >= 15 is 0 Å². The van der Waals surface area contributed by atoms with Gasteiger partial charge in [0, 0.05) is 30.0 Å². The smallest absolute Gasteiger partial charge is 0.224 e. The zero-order valence-corrected chi connectivity index (χ0v) is 14.1. The zero-order valence-electron chi connectivity index (χ0n) is 11.6. The average Bonchev–Trinajstić information content (AvgIpc) is 2.32. The standard InChI is InChI=1S/C14H21BrN2O.ClH/c1-11(2)17(14(18)7-8-16-3)10-12-5-4-6-13(15)9-12;/h4-6,9,11,16H,7-8,10H2,1-3H3;1H. The molecular weight excluding hydrogens is 328 g/mol. The van der Waals surface area contributed by atoms with Gasteiger partial charge in [-0.25, -0.2) is 0 Å². The van der Waals surface area contributed by atoms with E-state index in [-0.39, 0.29) is 24.4 Å². The van der Waals surface area contributed by atoms with Crippen LogP contribution in [0.4, 0.5) is 0 Å². The van der Waals surface area contributed by atoms with Crippen molar-refractivity contribution in [2.75, 3.05) is 13.6 Å². The van der Waals surface area contributed by atoms with Crippen LogP contribution in [0.15, 0.2) is 28.7 Å². The average molecular weight is 350 g/mol. The minimum atomic E-state index is 0. The van der Waals surface area contributed by atoms with Crippen molar-refractivity contribution in [3.8, 4) is 0 Å². The summed E-state index contributed by atoms with van der Waals surface area (Å²) in [5, 5.41) is 3.01. The van der Waals surface area contributed by atoms with Gasteiger partial charge in [-0.3, -0.25) is 4.79 Å². The summed E-state index contributed by atoms with van der Waals surface area (Å²) in [5.74, 6) is 0.194. The first kappa shape index (κ1) is 18.4. The monoisotopic (exact) mass is 348 g/mol. The molecule has 1 N–H and O–H groups in total. The molecular formula is C14H22BrClN2O. The molecule has 1 amide bonds. The first-order chi connectivity index (χ1) is 8.54. The number of halogens is 2. The molecule has 0 bridgehead atoms. The van der Waals surface area contributed by atoms with Crippen molar-refractivity contribution >= 4 is 34.2 Å². The lowest BCUT2D eigenvalue weighted by molar-refractivity contribution is -0.133. The van der Waals surface area contributed by atoms with E-state index in [1.165, 1.54) is 0 Å². The van der Waals surface area contributed by atoms with Gasteiger partial charge >= 0.3 is 0 Å². The molecule has 0 fully saturated rings. The van der Waals surface area contributed by atoms with Gasteiger partial charge in [-0.05, 0) is 38.6 Å². The van der Waals surface area contributed by atoms with Crippen LogP contribution in [0.3, 0.4) is 0 Å². The Labute approximate surface area is 130 Å². The molecule has 19 heavy (non-hydrogen) atoms. The van der Waals surface area contributed by atoms with Crippen LogP contribution >= 0.6 is 28.3 Å². The van der Waals surface area contributed by atoms with Crippen molar-refractivity contribution in [3.63, 3.8) is 0 Å². The Balaban J connectivity index is 0.00000324. The van der Waals surface area contributed by atoms with E-state index in [0.717, 1.165) is 16.6 Å². The maximum Gasteiger partial charge on any atom is 0.224 e. The molecule has 0 radical (unpaired) electrons. The van der Waals surface area contributed by atoms with Crippen LogP contribution in [-0.4, -0.2) is 30.4 Å². The summed E-state index contributed by atoms with van der Waals surface area (Å²) in [6, 6.07) is 8.31. The minimum Gasteiger partial charge on any atom is -0.336 e. The number of hydrogen-bond acceptors (Lipinski definition) is 2. The Morgan fingerprint density at radius 2 is 2.11 bits per heavy atom. The Morgan fingerprint density at radius 3 is 2.63 bits per heavy atom. The predicted molar refractivity (Wildman–Crippen MR) is 85.6 cm³/mol. The predicted octanol–water partition coefficient (Wildman–Crippen LogP) is 3.22. The largest absolute Gasteiger partial charge is 0.336 e. The molecule has 3 nitrogen and oxygen atoms in total. The molecule has 0 saturated carbocycles. The third-order valence-electron chi connectivity index (χ3n) is 2.77. The van der Waals surface area contributed by atoms with Crippen molar-refractivity contribution in [3.05, 3.63) is 34.3 Å². The van der Waals surface area contributed by atoms with E-state index in [4.69, 9.17) is 0 Å². The lowest BCUT2D eigenvalue weighted by Crippen LogP contribution is -2.37. The number of hydrogen-bond donors (Lipinski definition) is 1. The highest BCUT2D eigenvalue weighted by molar-refractivity contribution is 9.10. The summed E-state index contributed by atoms with van der Waals surface area (Å²) in [5.41, 5.74) is 1.15. The molecule has 0 heterocycles. The Morgan fingerprint density at radius 1 is 1.42 bits per heavy atom. The zero-order chi connectivity index (χ0) is 13.5. The van der Waals surface area contributed by atoms with Crippen LogP contribution < -0.4 is 5.32 Å². The van der Waals surface area contributed by atoms with Gasteiger partial charge in [0.25, 0.3) is 0 Å². The first-order valence-corrected chi connectivity index (χ1v) is 7.02. The molecule has 0 unspecified atom stereocenters. The number of nitrogens with zero attached hydrogens (tertiary/aromatic N) is 1. The van der Waals surface area contributed by atoms with Crippen molar-refractivity contribution in [1.29, 1.82) is 0 Å². The van der Waals surface area contributed by atoms with Gasteiger partial charge in [0.1, 0.15) is 0 Å². The van der Waals surface area contributed by atoms with Crippen LogP contribution in [0.5, 0.6) is 0 Å². The lowest BCUT2D eigenvalue weighted by atomic mass is 10.1. The van der Waals surface area contributed by atoms with Crippen molar-refractivity contribution in [1.82, 2.24) is 10.2 Å². The maximum atomic E-state index is 12.1. The fraction of sp³-hybridized carbons (Fsp3) is 0.500. The number of carbonyl (C=O) groups excluding carboxylic acids is 1. The van der Waals surface area contributed by atoms with E-state index in [0.29, 0.717) is 13.0 Å². The second-order valence-corrected chi connectivity index (χ2v) is 5.51. The van der Waals surface area contributed by atoms with Gasteiger partial charge in [-0.2, -0.15) is 0 Å². The van der Waals surface area contributed by atoms with Crippen LogP contribution in [0, 0.1) is 0 Å². The molecule has 0 spiro atoms. The molecule has 0 aliphatic heterocycles. The topological polar surface area (TPSA) is 32.3 Å². The highest BCUT2D eigenvalue weighted by atomic mass is 79.9. The van der Waals surface area contributed by atoms with Gasteiger partial charge in [-0.15, -0.1) is 12.4 Å². The molecule has 0 aliphatic carbocycles. The number of benzene rings is 1. The van der Waals surface area contributed by atoms with Crippen LogP contribution in [-0.2, 0) is 11.3 Å². The van der Waals surface area contributed by atoms with Crippen LogP contribution in [0.25, 0.3) is 0 Å². The highest BCUT2D eigenvalue weighted by Crippen LogP contribution is 2.15. The molecule has 0 saturated heterocycles. The van der Waals surface area contributed by atoms with Crippen molar-refractivity contribution < 1.29 is 4.79 Å². The van der Waals surface area contributed by atoms with E-state index in [1.54, 1.807) is 0 Å². The van der Waals surface area contributed by atoms with Gasteiger partial charge in [-0.1, -0.05) is 28.1 Å². The van der Waals surface area contributed by atoms with Gasteiger partial charge < -0.3 is 10.2 Å².